The molecule has 0 radical (unpaired) electrons. The van der Waals surface area contributed by atoms with Crippen molar-refractivity contribution in [3.8, 4) is 0 Å². The van der Waals surface area contributed by atoms with Gasteiger partial charge in [-0.05, 0) is 58.8 Å². The summed E-state index contributed by atoms with van der Waals surface area (Å²) in [6.07, 6.45) is 2.40. The molecule has 5 nitrogen and oxygen atoms in total. The van der Waals surface area contributed by atoms with Crippen LogP contribution in [0.4, 0.5) is 0 Å². The Morgan fingerprint density at radius 2 is 1.95 bits per heavy atom. The zero-order valence-electron chi connectivity index (χ0n) is 13.4. The Kier molecular flexibility index (Phi) is 8.47. The molecule has 128 valence electrons. The van der Waals surface area contributed by atoms with Gasteiger partial charge in [-0.3, -0.25) is 9.69 Å². The molecule has 7 heteroatoms. The van der Waals surface area contributed by atoms with E-state index in [0.717, 1.165) is 24.6 Å². The zero-order chi connectivity index (χ0) is 14.8. The molecular weight excluding hydrogens is 325 g/mol. The summed E-state index contributed by atoms with van der Waals surface area (Å²) in [4.78, 5) is 14.3. The predicted molar refractivity (Wildman–Crippen MR) is 92.8 cm³/mol. The van der Waals surface area contributed by atoms with Gasteiger partial charge < -0.3 is 15.5 Å². The maximum atomic E-state index is 11.9. The summed E-state index contributed by atoms with van der Waals surface area (Å²) < 4.78 is 5.75. The van der Waals surface area contributed by atoms with Gasteiger partial charge in [0.2, 0.25) is 5.91 Å². The molecular formula is C15H27Cl2N3O2. The number of rotatable bonds is 5. The van der Waals surface area contributed by atoms with Crippen molar-refractivity contribution in [1.82, 2.24) is 10.2 Å². The van der Waals surface area contributed by atoms with Gasteiger partial charge in [0.15, 0.2) is 0 Å². The van der Waals surface area contributed by atoms with Crippen LogP contribution >= 0.6 is 24.8 Å². The third kappa shape index (κ3) is 5.47. The van der Waals surface area contributed by atoms with E-state index in [0.29, 0.717) is 6.54 Å². The van der Waals surface area contributed by atoms with Gasteiger partial charge in [0.05, 0.1) is 11.6 Å². The molecule has 1 aromatic rings. The first-order valence-electron chi connectivity index (χ1n) is 7.25. The van der Waals surface area contributed by atoms with Gasteiger partial charge in [0.25, 0.3) is 0 Å². The highest BCUT2D eigenvalue weighted by atomic mass is 35.5. The van der Waals surface area contributed by atoms with E-state index in [1.54, 1.807) is 13.8 Å². The number of halogens is 2. The van der Waals surface area contributed by atoms with Crippen molar-refractivity contribution in [2.45, 2.75) is 45.2 Å². The topological polar surface area (TPSA) is 71.5 Å². The smallest absolute Gasteiger partial charge is 0.239 e. The number of nitrogens with one attached hydrogen (secondary N) is 1. The Hall–Kier alpha value is -0.750. The summed E-state index contributed by atoms with van der Waals surface area (Å²) in [7, 11) is 0. The second kappa shape index (κ2) is 8.77. The second-order valence-corrected chi connectivity index (χ2v) is 6.14. The predicted octanol–water partition coefficient (Wildman–Crippen LogP) is 2.42. The molecule has 0 saturated carbocycles. The van der Waals surface area contributed by atoms with E-state index in [2.05, 4.69) is 10.2 Å². The van der Waals surface area contributed by atoms with E-state index in [9.17, 15) is 4.79 Å². The molecule has 1 aliphatic heterocycles. The Morgan fingerprint density at radius 3 is 2.41 bits per heavy atom. The van der Waals surface area contributed by atoms with E-state index in [1.807, 2.05) is 19.1 Å². The van der Waals surface area contributed by atoms with Crippen molar-refractivity contribution in [3.05, 3.63) is 23.7 Å². The zero-order valence-corrected chi connectivity index (χ0v) is 15.1. The molecule has 1 aromatic heterocycles. The third-order valence-corrected chi connectivity index (χ3v) is 3.71. The van der Waals surface area contributed by atoms with E-state index >= 15 is 0 Å². The summed E-state index contributed by atoms with van der Waals surface area (Å²) in [6, 6.07) is 4.06. The largest absolute Gasteiger partial charge is 0.465 e. The molecule has 1 saturated heterocycles. The fourth-order valence-electron chi connectivity index (χ4n) is 2.51. The van der Waals surface area contributed by atoms with Gasteiger partial charge in [0.1, 0.15) is 11.5 Å². The highest BCUT2D eigenvalue weighted by Crippen LogP contribution is 2.26. The minimum Gasteiger partial charge on any atom is -0.465 e. The fourth-order valence-corrected chi connectivity index (χ4v) is 2.51. The van der Waals surface area contributed by atoms with Crippen LogP contribution in [0, 0.1) is 6.92 Å². The molecule has 2 heterocycles. The molecule has 22 heavy (non-hydrogen) atoms. The van der Waals surface area contributed by atoms with Gasteiger partial charge in [-0.2, -0.15) is 0 Å². The minimum absolute atomic E-state index is 0. The van der Waals surface area contributed by atoms with Gasteiger partial charge >= 0.3 is 0 Å². The quantitative estimate of drug-likeness (QED) is 0.854. The van der Waals surface area contributed by atoms with E-state index in [4.69, 9.17) is 10.2 Å². The number of nitrogens with zero attached hydrogens (tertiary/aromatic N) is 1. The second-order valence-electron chi connectivity index (χ2n) is 6.14. The average Bonchev–Trinajstić information content (AvgIpc) is 3.00. The first kappa shape index (κ1) is 21.2. The molecule has 2 rings (SSSR count). The summed E-state index contributed by atoms with van der Waals surface area (Å²) in [6.45, 7) is 7.99. The van der Waals surface area contributed by atoms with Gasteiger partial charge in [-0.15, -0.1) is 24.8 Å². The molecule has 1 amide bonds. The lowest BCUT2D eigenvalue weighted by molar-refractivity contribution is -0.125. The van der Waals surface area contributed by atoms with Crippen molar-refractivity contribution >= 4 is 30.7 Å². The summed E-state index contributed by atoms with van der Waals surface area (Å²) >= 11 is 0. The molecule has 1 aliphatic rings. The van der Waals surface area contributed by atoms with E-state index < -0.39 is 5.54 Å². The van der Waals surface area contributed by atoms with Crippen molar-refractivity contribution in [3.63, 3.8) is 0 Å². The van der Waals surface area contributed by atoms with Crippen LogP contribution in [-0.4, -0.2) is 36.0 Å². The van der Waals surface area contributed by atoms with Crippen molar-refractivity contribution < 1.29 is 9.21 Å². The van der Waals surface area contributed by atoms with Gasteiger partial charge in [-0.25, -0.2) is 0 Å². The number of hydrogen-bond acceptors (Lipinski definition) is 4. The van der Waals surface area contributed by atoms with Crippen LogP contribution < -0.4 is 11.1 Å². The van der Waals surface area contributed by atoms with Gasteiger partial charge in [-0.1, -0.05) is 0 Å². The number of amides is 1. The normalized spacial score (nSPS) is 16.5. The number of nitrogens with two attached hydrogens (primary N) is 1. The number of hydrogen-bond donors (Lipinski definition) is 2. The Morgan fingerprint density at radius 1 is 1.36 bits per heavy atom. The molecule has 0 aliphatic carbocycles. The van der Waals surface area contributed by atoms with Gasteiger partial charge in [0, 0.05) is 6.54 Å². The molecule has 0 aromatic carbocycles. The first-order chi connectivity index (χ1) is 9.38. The third-order valence-electron chi connectivity index (χ3n) is 3.71. The monoisotopic (exact) mass is 351 g/mol. The van der Waals surface area contributed by atoms with Crippen LogP contribution in [0.5, 0.6) is 0 Å². The van der Waals surface area contributed by atoms with Crippen LogP contribution in [0.25, 0.3) is 0 Å². The molecule has 3 N–H and O–H groups in total. The van der Waals surface area contributed by atoms with Crippen molar-refractivity contribution in [2.24, 2.45) is 5.73 Å². The number of carbonyl (C=O) groups excluding carboxylic acids is 1. The highest BCUT2D eigenvalue weighted by Gasteiger charge is 2.28. The van der Waals surface area contributed by atoms with Crippen LogP contribution in [0.2, 0.25) is 0 Å². The molecule has 1 unspecified atom stereocenters. The molecule has 1 fully saturated rings. The number of furan rings is 1. The maximum Gasteiger partial charge on any atom is 0.239 e. The molecule has 0 bridgehead atoms. The number of aryl methyl sites for hydroxylation is 1. The summed E-state index contributed by atoms with van der Waals surface area (Å²) in [5.74, 6) is 1.68. The standard InChI is InChI=1S/C15H25N3O2.2ClH/c1-11-6-7-13(20-11)12(18-8-4-5-9-18)10-17-14(19)15(2,3)16;;/h6-7,12H,4-5,8-10,16H2,1-3H3,(H,17,19);2*1H. The lowest BCUT2D eigenvalue weighted by Gasteiger charge is -2.27. The Labute approximate surface area is 144 Å². The van der Waals surface area contributed by atoms with Crippen LogP contribution in [0.1, 0.15) is 44.3 Å². The van der Waals surface area contributed by atoms with Crippen molar-refractivity contribution in [2.75, 3.05) is 19.6 Å². The van der Waals surface area contributed by atoms with Crippen LogP contribution in [-0.2, 0) is 4.79 Å². The minimum atomic E-state index is -0.853. The molecule has 0 spiro atoms. The lowest BCUT2D eigenvalue weighted by Crippen LogP contribution is -2.50. The lowest BCUT2D eigenvalue weighted by atomic mass is 10.1. The average molecular weight is 352 g/mol. The molecule has 1 atom stereocenters. The van der Waals surface area contributed by atoms with E-state index in [-0.39, 0.29) is 36.8 Å². The highest BCUT2D eigenvalue weighted by molar-refractivity contribution is 5.86. The maximum absolute atomic E-state index is 11.9. The number of carbonyl (C=O) groups is 1. The SMILES string of the molecule is Cc1ccc(C(CNC(=O)C(C)(C)N)N2CCCC2)o1.Cl.Cl. The van der Waals surface area contributed by atoms with Crippen molar-refractivity contribution in [1.29, 1.82) is 0 Å². The first-order valence-corrected chi connectivity index (χ1v) is 7.25. The fraction of sp³-hybridized carbons (Fsp3) is 0.667. The summed E-state index contributed by atoms with van der Waals surface area (Å²) in [5.41, 5.74) is 4.96. The van der Waals surface area contributed by atoms with Crippen LogP contribution in [0.15, 0.2) is 16.5 Å². The number of likely N-dealkylation sites (tertiary alicyclic amines) is 1. The Bertz CT molecular complexity index is 466. The Balaban J connectivity index is 0.00000220. The van der Waals surface area contributed by atoms with Crippen LogP contribution in [0.3, 0.4) is 0 Å². The summed E-state index contributed by atoms with van der Waals surface area (Å²) in [5, 5.41) is 2.94. The van der Waals surface area contributed by atoms with E-state index in [1.165, 1.54) is 12.8 Å².